The van der Waals surface area contributed by atoms with E-state index in [1.54, 1.807) is 41.8 Å². The van der Waals surface area contributed by atoms with Crippen molar-refractivity contribution in [3.8, 4) is 0 Å². The van der Waals surface area contributed by atoms with E-state index in [1.807, 2.05) is 6.07 Å². The van der Waals surface area contributed by atoms with Crippen LogP contribution in [0.3, 0.4) is 0 Å². The molecule has 2 saturated heterocycles. The van der Waals surface area contributed by atoms with Crippen LogP contribution in [0.5, 0.6) is 0 Å². The number of nitrogens with one attached hydrogen (secondary N) is 1. The van der Waals surface area contributed by atoms with Crippen LogP contribution in [0.4, 0.5) is 0 Å². The molecule has 7 nitrogen and oxygen atoms in total. The summed E-state index contributed by atoms with van der Waals surface area (Å²) in [4.78, 5) is 31.3. The summed E-state index contributed by atoms with van der Waals surface area (Å²) < 4.78 is 11.0. The number of carbonyl (C=O) groups is 2. The third-order valence-electron chi connectivity index (χ3n) is 5.08. The third-order valence-corrected chi connectivity index (χ3v) is 5.08. The van der Waals surface area contributed by atoms with Crippen molar-refractivity contribution in [2.24, 2.45) is 5.92 Å². The van der Waals surface area contributed by atoms with Gasteiger partial charge in [0, 0.05) is 31.1 Å². The minimum absolute atomic E-state index is 0.0322. The van der Waals surface area contributed by atoms with E-state index < -0.39 is 0 Å². The number of carbonyl (C=O) groups excluding carboxylic acids is 2. The van der Waals surface area contributed by atoms with Crippen molar-refractivity contribution in [1.29, 1.82) is 0 Å². The molecule has 26 heavy (non-hydrogen) atoms. The van der Waals surface area contributed by atoms with Gasteiger partial charge < -0.3 is 19.4 Å². The SMILES string of the molecule is O=C(NCc1ccco1)[C@@H]1C[C@@H]2OCC[C@@H]2N(C(=O)c2ccncc2)C1. The third kappa shape index (κ3) is 3.35. The van der Waals surface area contributed by atoms with E-state index in [9.17, 15) is 9.59 Å². The van der Waals surface area contributed by atoms with E-state index in [1.165, 1.54) is 0 Å². The molecule has 2 amide bonds. The van der Waals surface area contributed by atoms with Gasteiger partial charge in [-0.3, -0.25) is 14.6 Å². The number of aromatic nitrogens is 1. The van der Waals surface area contributed by atoms with Crippen molar-refractivity contribution in [2.45, 2.75) is 31.5 Å². The number of amides is 2. The summed E-state index contributed by atoms with van der Waals surface area (Å²) in [6.45, 7) is 1.36. The van der Waals surface area contributed by atoms with Crippen LogP contribution >= 0.6 is 0 Å². The molecule has 0 saturated carbocycles. The molecule has 7 heteroatoms. The molecule has 0 aromatic carbocycles. The van der Waals surface area contributed by atoms with Crippen molar-refractivity contribution in [3.63, 3.8) is 0 Å². The highest BCUT2D eigenvalue weighted by molar-refractivity contribution is 5.95. The van der Waals surface area contributed by atoms with Gasteiger partial charge in [-0.15, -0.1) is 0 Å². The first-order valence-electron chi connectivity index (χ1n) is 8.85. The van der Waals surface area contributed by atoms with Gasteiger partial charge in [0.15, 0.2) is 0 Å². The van der Waals surface area contributed by atoms with E-state index in [4.69, 9.17) is 9.15 Å². The van der Waals surface area contributed by atoms with Gasteiger partial charge in [-0.05, 0) is 37.1 Å². The topological polar surface area (TPSA) is 84.7 Å². The number of hydrogen-bond acceptors (Lipinski definition) is 5. The molecule has 0 bridgehead atoms. The van der Waals surface area contributed by atoms with Gasteiger partial charge in [-0.1, -0.05) is 0 Å². The largest absolute Gasteiger partial charge is 0.467 e. The van der Waals surface area contributed by atoms with E-state index >= 15 is 0 Å². The number of fused-ring (bicyclic) bond motifs is 1. The summed E-state index contributed by atoms with van der Waals surface area (Å²) in [6.07, 6.45) is 6.14. The molecule has 3 atom stereocenters. The van der Waals surface area contributed by atoms with E-state index in [0.717, 1.165) is 6.42 Å². The number of ether oxygens (including phenoxy) is 1. The smallest absolute Gasteiger partial charge is 0.254 e. The Morgan fingerprint density at radius 2 is 2.12 bits per heavy atom. The highest BCUT2D eigenvalue weighted by atomic mass is 16.5. The van der Waals surface area contributed by atoms with Crippen molar-refractivity contribution < 1.29 is 18.7 Å². The minimum Gasteiger partial charge on any atom is -0.467 e. The molecular weight excluding hydrogens is 334 g/mol. The Labute approximate surface area is 151 Å². The lowest BCUT2D eigenvalue weighted by atomic mass is 9.89. The van der Waals surface area contributed by atoms with Crippen LogP contribution in [0, 0.1) is 5.92 Å². The molecule has 4 rings (SSSR count). The standard InChI is InChI=1S/C19H21N3O4/c23-18(21-11-15-2-1-8-25-15)14-10-17-16(5-9-26-17)22(12-14)19(24)13-3-6-20-7-4-13/h1-4,6-8,14,16-17H,5,9-12H2,(H,21,23)/t14-,16+,17+/m1/s1. The number of nitrogens with zero attached hydrogens (tertiary/aromatic N) is 2. The second-order valence-electron chi connectivity index (χ2n) is 6.69. The van der Waals surface area contributed by atoms with Gasteiger partial charge in [0.05, 0.1) is 30.9 Å². The second kappa shape index (κ2) is 7.29. The maximum atomic E-state index is 13.0. The molecule has 4 heterocycles. The fourth-order valence-electron chi connectivity index (χ4n) is 3.76. The molecule has 0 aliphatic carbocycles. The molecule has 1 N–H and O–H groups in total. The molecular formula is C19H21N3O4. The van der Waals surface area contributed by atoms with Gasteiger partial charge in [0.1, 0.15) is 5.76 Å². The maximum absolute atomic E-state index is 13.0. The lowest BCUT2D eigenvalue weighted by Gasteiger charge is -2.40. The molecule has 2 fully saturated rings. The van der Waals surface area contributed by atoms with Crippen LogP contribution in [0.2, 0.25) is 0 Å². The molecule has 136 valence electrons. The Kier molecular flexibility index (Phi) is 4.71. The van der Waals surface area contributed by atoms with Gasteiger partial charge in [0.25, 0.3) is 5.91 Å². The zero-order chi connectivity index (χ0) is 17.9. The fourth-order valence-corrected chi connectivity index (χ4v) is 3.76. The lowest BCUT2D eigenvalue weighted by Crippen LogP contribution is -2.54. The highest BCUT2D eigenvalue weighted by Gasteiger charge is 2.44. The Bertz CT molecular complexity index is 762. The zero-order valence-electron chi connectivity index (χ0n) is 14.3. The number of likely N-dealkylation sites (tertiary alicyclic amines) is 1. The summed E-state index contributed by atoms with van der Waals surface area (Å²) in [5.41, 5.74) is 0.585. The van der Waals surface area contributed by atoms with Gasteiger partial charge in [-0.2, -0.15) is 0 Å². The van der Waals surface area contributed by atoms with Gasteiger partial charge in [-0.25, -0.2) is 0 Å². The summed E-state index contributed by atoms with van der Waals surface area (Å²) in [7, 11) is 0. The first kappa shape index (κ1) is 16.8. The van der Waals surface area contributed by atoms with Gasteiger partial charge in [0.2, 0.25) is 5.91 Å². The van der Waals surface area contributed by atoms with Crippen LogP contribution in [-0.4, -0.2) is 47.0 Å². The normalized spacial score (nSPS) is 24.9. The molecule has 2 aromatic rings. The molecule has 2 aliphatic rings. The summed E-state index contributed by atoms with van der Waals surface area (Å²) in [6, 6.07) is 7.04. The maximum Gasteiger partial charge on any atom is 0.254 e. The summed E-state index contributed by atoms with van der Waals surface area (Å²) >= 11 is 0. The predicted octanol–water partition coefficient (Wildman–Crippen LogP) is 1.61. The first-order chi connectivity index (χ1) is 12.7. The van der Waals surface area contributed by atoms with Crippen LogP contribution in [0.1, 0.15) is 29.0 Å². The number of furan rings is 1. The first-order valence-corrected chi connectivity index (χ1v) is 8.85. The van der Waals surface area contributed by atoms with Crippen LogP contribution in [0.15, 0.2) is 47.3 Å². The van der Waals surface area contributed by atoms with Crippen molar-refractivity contribution in [1.82, 2.24) is 15.2 Å². The number of hydrogen-bond donors (Lipinski definition) is 1. The quantitative estimate of drug-likeness (QED) is 0.901. The predicted molar refractivity (Wildman–Crippen MR) is 92.1 cm³/mol. The Balaban J connectivity index is 1.47. The zero-order valence-corrected chi connectivity index (χ0v) is 14.3. The van der Waals surface area contributed by atoms with Crippen LogP contribution in [0.25, 0.3) is 0 Å². The van der Waals surface area contributed by atoms with E-state index in [-0.39, 0.29) is 29.9 Å². The van der Waals surface area contributed by atoms with Crippen LogP contribution < -0.4 is 5.32 Å². The van der Waals surface area contributed by atoms with Crippen LogP contribution in [-0.2, 0) is 16.1 Å². The molecule has 0 spiro atoms. The molecule has 0 unspecified atom stereocenters. The molecule has 0 radical (unpaired) electrons. The Hall–Kier alpha value is -2.67. The summed E-state index contributed by atoms with van der Waals surface area (Å²) in [5, 5.41) is 2.90. The Morgan fingerprint density at radius 3 is 2.88 bits per heavy atom. The van der Waals surface area contributed by atoms with Crippen molar-refractivity contribution in [2.75, 3.05) is 13.2 Å². The summed E-state index contributed by atoms with van der Waals surface area (Å²) in [5.74, 6) is 0.253. The Morgan fingerprint density at radius 1 is 1.27 bits per heavy atom. The van der Waals surface area contributed by atoms with Gasteiger partial charge >= 0.3 is 0 Å². The second-order valence-corrected chi connectivity index (χ2v) is 6.69. The van der Waals surface area contributed by atoms with Crippen molar-refractivity contribution in [3.05, 3.63) is 54.2 Å². The lowest BCUT2D eigenvalue weighted by molar-refractivity contribution is -0.129. The monoisotopic (exact) mass is 355 g/mol. The average Bonchev–Trinajstić information content (AvgIpc) is 3.37. The molecule has 2 aromatic heterocycles. The number of piperidine rings is 1. The number of rotatable bonds is 4. The average molecular weight is 355 g/mol. The highest BCUT2D eigenvalue weighted by Crippen LogP contribution is 2.32. The fraction of sp³-hybridized carbons (Fsp3) is 0.421. The van der Waals surface area contributed by atoms with E-state index in [0.29, 0.717) is 37.4 Å². The van der Waals surface area contributed by atoms with Crippen molar-refractivity contribution >= 4 is 11.8 Å². The number of pyridine rings is 1. The minimum atomic E-state index is -0.296. The molecule has 2 aliphatic heterocycles. The van der Waals surface area contributed by atoms with E-state index in [2.05, 4.69) is 10.3 Å².